The topological polar surface area (TPSA) is 6.25 Å². The summed E-state index contributed by atoms with van der Waals surface area (Å²) >= 11 is 0. The first-order chi connectivity index (χ1) is 9.43. The minimum atomic E-state index is 1.09. The first-order valence-electron chi connectivity index (χ1n) is 6.92. The van der Waals surface area contributed by atoms with Crippen LogP contribution in [0.2, 0.25) is 0 Å². The van der Waals surface area contributed by atoms with E-state index < -0.39 is 0 Å². The Kier molecular flexibility index (Phi) is 3.59. The lowest BCUT2D eigenvalue weighted by molar-refractivity contribution is -0.436. The number of nitrogens with zero attached hydrogens (tertiary/aromatic N) is 2. The summed E-state index contributed by atoms with van der Waals surface area (Å²) in [5.41, 5.74) is 2.54. The van der Waals surface area contributed by atoms with Crippen LogP contribution in [0.15, 0.2) is 60.7 Å². The molecule has 2 aromatic carbocycles. The minimum Gasteiger partial charge on any atom is -0.234 e. The van der Waals surface area contributed by atoms with E-state index in [4.69, 9.17) is 0 Å². The van der Waals surface area contributed by atoms with Gasteiger partial charge in [-0.15, -0.1) is 0 Å². The molecule has 1 heterocycles. The highest BCUT2D eigenvalue weighted by Crippen LogP contribution is 2.17. The van der Waals surface area contributed by atoms with Gasteiger partial charge in [0.1, 0.15) is 11.4 Å². The van der Waals surface area contributed by atoms with E-state index in [0.717, 1.165) is 13.1 Å². The van der Waals surface area contributed by atoms with Gasteiger partial charge in [-0.3, -0.25) is 0 Å². The molecule has 0 spiro atoms. The maximum absolute atomic E-state index is 2.35. The second kappa shape index (κ2) is 5.70. The SMILES string of the molecule is C1=[N+](c2ccccc2)CCCCN1c1ccccc1. The first-order valence-corrected chi connectivity index (χ1v) is 6.92. The summed E-state index contributed by atoms with van der Waals surface area (Å²) < 4.78 is 2.35. The molecule has 2 heteroatoms. The van der Waals surface area contributed by atoms with Crippen molar-refractivity contribution in [2.75, 3.05) is 18.0 Å². The van der Waals surface area contributed by atoms with Crippen molar-refractivity contribution in [3.05, 3.63) is 60.7 Å². The third-order valence-electron chi connectivity index (χ3n) is 3.50. The lowest BCUT2D eigenvalue weighted by atomic mass is 10.2. The van der Waals surface area contributed by atoms with Crippen molar-refractivity contribution in [2.45, 2.75) is 12.8 Å². The van der Waals surface area contributed by atoms with Gasteiger partial charge in [0.15, 0.2) is 0 Å². The van der Waals surface area contributed by atoms with Gasteiger partial charge in [-0.05, 0) is 37.1 Å². The highest BCUT2D eigenvalue weighted by atomic mass is 15.2. The number of anilines is 1. The fraction of sp³-hybridized carbons (Fsp3) is 0.235. The van der Waals surface area contributed by atoms with Crippen molar-refractivity contribution in [1.29, 1.82) is 0 Å². The van der Waals surface area contributed by atoms with E-state index in [1.54, 1.807) is 0 Å². The molecule has 19 heavy (non-hydrogen) atoms. The minimum absolute atomic E-state index is 1.09. The van der Waals surface area contributed by atoms with Crippen LogP contribution in [0.1, 0.15) is 12.8 Å². The normalized spacial score (nSPS) is 15.8. The fourth-order valence-electron chi connectivity index (χ4n) is 2.48. The van der Waals surface area contributed by atoms with Crippen LogP contribution in [0.4, 0.5) is 11.4 Å². The average Bonchev–Trinajstić information content (AvgIpc) is 2.75. The van der Waals surface area contributed by atoms with Crippen molar-refractivity contribution in [3.8, 4) is 0 Å². The van der Waals surface area contributed by atoms with E-state index in [1.807, 2.05) is 0 Å². The summed E-state index contributed by atoms with van der Waals surface area (Å²) in [7, 11) is 0. The molecule has 0 atom stereocenters. The highest BCUT2D eigenvalue weighted by molar-refractivity contribution is 5.76. The number of benzene rings is 2. The molecule has 1 aliphatic rings. The fourth-order valence-corrected chi connectivity index (χ4v) is 2.48. The van der Waals surface area contributed by atoms with Gasteiger partial charge in [0.25, 0.3) is 0 Å². The van der Waals surface area contributed by atoms with Crippen LogP contribution < -0.4 is 4.90 Å². The molecule has 3 rings (SSSR count). The Hall–Kier alpha value is -2.09. The third-order valence-corrected chi connectivity index (χ3v) is 3.50. The van der Waals surface area contributed by atoms with Gasteiger partial charge >= 0.3 is 0 Å². The zero-order valence-corrected chi connectivity index (χ0v) is 11.1. The molecule has 0 fully saturated rings. The number of para-hydroxylation sites is 2. The quantitative estimate of drug-likeness (QED) is 0.738. The molecule has 0 bridgehead atoms. The monoisotopic (exact) mass is 251 g/mol. The Morgan fingerprint density at radius 3 is 2.21 bits per heavy atom. The van der Waals surface area contributed by atoms with Crippen LogP contribution in [-0.2, 0) is 0 Å². The summed E-state index contributed by atoms with van der Waals surface area (Å²) in [6.45, 7) is 2.18. The molecule has 0 amide bonds. The van der Waals surface area contributed by atoms with Crippen LogP contribution in [0.3, 0.4) is 0 Å². The first kappa shape index (κ1) is 12.0. The second-order valence-corrected chi connectivity index (χ2v) is 4.88. The summed E-state index contributed by atoms with van der Waals surface area (Å²) in [5.74, 6) is 0. The predicted octanol–water partition coefficient (Wildman–Crippen LogP) is 3.66. The Morgan fingerprint density at radius 2 is 1.47 bits per heavy atom. The van der Waals surface area contributed by atoms with E-state index in [9.17, 15) is 0 Å². The molecule has 2 aromatic rings. The largest absolute Gasteiger partial charge is 0.244 e. The van der Waals surface area contributed by atoms with Gasteiger partial charge in [-0.1, -0.05) is 36.4 Å². The maximum atomic E-state index is 2.35. The van der Waals surface area contributed by atoms with Gasteiger partial charge in [-0.2, -0.15) is 0 Å². The van der Waals surface area contributed by atoms with E-state index in [1.165, 1.54) is 24.2 Å². The van der Waals surface area contributed by atoms with Gasteiger partial charge in [0.2, 0.25) is 6.34 Å². The number of hydrogen-bond donors (Lipinski definition) is 0. The molecular weight excluding hydrogens is 232 g/mol. The molecule has 0 N–H and O–H groups in total. The Bertz CT molecular complexity index is 546. The zero-order valence-electron chi connectivity index (χ0n) is 11.1. The van der Waals surface area contributed by atoms with Gasteiger partial charge in [0.05, 0.1) is 13.1 Å². The molecule has 0 aliphatic carbocycles. The molecule has 0 saturated heterocycles. The zero-order chi connectivity index (χ0) is 12.9. The molecule has 0 aromatic heterocycles. The van der Waals surface area contributed by atoms with E-state index in [-0.39, 0.29) is 0 Å². The van der Waals surface area contributed by atoms with Crippen LogP contribution in [0, 0.1) is 0 Å². The Morgan fingerprint density at radius 1 is 0.789 bits per heavy atom. The molecule has 0 unspecified atom stereocenters. The second-order valence-electron chi connectivity index (χ2n) is 4.88. The smallest absolute Gasteiger partial charge is 0.234 e. The number of rotatable bonds is 2. The van der Waals surface area contributed by atoms with Crippen LogP contribution in [-0.4, -0.2) is 24.0 Å². The summed E-state index contributed by atoms with van der Waals surface area (Å²) in [4.78, 5) is 2.35. The van der Waals surface area contributed by atoms with Gasteiger partial charge in [-0.25, -0.2) is 9.48 Å². The molecular formula is C17H19N2+. The molecule has 0 saturated carbocycles. The van der Waals surface area contributed by atoms with Crippen LogP contribution in [0.5, 0.6) is 0 Å². The van der Waals surface area contributed by atoms with Gasteiger partial charge < -0.3 is 0 Å². The standard InChI is InChI=1S/C17H19N2/c1-3-9-16(10-4-1)18-13-7-8-14-19(15-18)17-11-5-2-6-12-17/h1-6,9-12,15H,7-8,13-14H2/q+1. The third kappa shape index (κ3) is 2.84. The highest BCUT2D eigenvalue weighted by Gasteiger charge is 2.17. The lowest BCUT2D eigenvalue weighted by Gasteiger charge is -2.11. The van der Waals surface area contributed by atoms with Crippen molar-refractivity contribution in [2.24, 2.45) is 0 Å². The van der Waals surface area contributed by atoms with Crippen LogP contribution >= 0.6 is 0 Å². The van der Waals surface area contributed by atoms with E-state index in [2.05, 4.69) is 76.5 Å². The summed E-state index contributed by atoms with van der Waals surface area (Å²) in [5, 5.41) is 0. The average molecular weight is 251 g/mol. The van der Waals surface area contributed by atoms with E-state index >= 15 is 0 Å². The molecule has 96 valence electrons. The van der Waals surface area contributed by atoms with Crippen LogP contribution in [0.25, 0.3) is 0 Å². The Labute approximate surface area is 114 Å². The number of hydrogen-bond acceptors (Lipinski definition) is 1. The van der Waals surface area contributed by atoms with Gasteiger partial charge in [0, 0.05) is 0 Å². The Balaban J connectivity index is 1.93. The van der Waals surface area contributed by atoms with Crippen molar-refractivity contribution in [3.63, 3.8) is 0 Å². The van der Waals surface area contributed by atoms with Crippen molar-refractivity contribution >= 4 is 17.7 Å². The van der Waals surface area contributed by atoms with E-state index in [0.29, 0.717) is 0 Å². The lowest BCUT2D eigenvalue weighted by Crippen LogP contribution is -2.25. The molecule has 0 radical (unpaired) electrons. The summed E-state index contributed by atoms with van der Waals surface area (Å²) in [6.07, 6.45) is 4.71. The molecule has 1 aliphatic heterocycles. The predicted molar refractivity (Wildman–Crippen MR) is 80.3 cm³/mol. The maximum Gasteiger partial charge on any atom is 0.244 e. The molecule has 2 nitrogen and oxygen atoms in total. The summed E-state index contributed by atoms with van der Waals surface area (Å²) in [6, 6.07) is 21.2. The van der Waals surface area contributed by atoms with Crippen molar-refractivity contribution in [1.82, 2.24) is 0 Å². The van der Waals surface area contributed by atoms with Crippen molar-refractivity contribution < 1.29 is 4.58 Å².